The van der Waals surface area contributed by atoms with Crippen LogP contribution in [0.5, 0.6) is 5.75 Å². The Kier molecular flexibility index (Phi) is 5.85. The van der Waals surface area contributed by atoms with Crippen molar-refractivity contribution in [3.8, 4) is 5.75 Å². The van der Waals surface area contributed by atoms with Crippen molar-refractivity contribution >= 4 is 22.8 Å². The predicted octanol–water partition coefficient (Wildman–Crippen LogP) is 2.48. The monoisotopic (exact) mass is 409 g/mol. The van der Waals surface area contributed by atoms with Crippen LogP contribution in [0.25, 0.3) is 11.0 Å². The number of aryl methyl sites for hydroxylation is 1. The minimum absolute atomic E-state index is 0.00647. The number of aromatic nitrogens is 2. The summed E-state index contributed by atoms with van der Waals surface area (Å²) in [5, 5.41) is 3.89. The Bertz CT molecular complexity index is 1010. The molecule has 0 bridgehead atoms. The fraction of sp³-hybridized carbons (Fsp3) is 0.409. The SMILES string of the molecule is COc1ccc2oc(C)c(C(=O)NC(C)CN3CCN(c4ncccn4)CC3)c2c1. The van der Waals surface area contributed by atoms with E-state index in [1.54, 1.807) is 19.5 Å². The van der Waals surface area contributed by atoms with Gasteiger partial charge in [-0.1, -0.05) is 0 Å². The van der Waals surface area contributed by atoms with Gasteiger partial charge in [0.05, 0.1) is 12.7 Å². The van der Waals surface area contributed by atoms with E-state index in [0.717, 1.165) is 44.1 Å². The average molecular weight is 409 g/mol. The van der Waals surface area contributed by atoms with Gasteiger partial charge in [0, 0.05) is 56.5 Å². The molecule has 3 heterocycles. The molecule has 1 aromatic carbocycles. The van der Waals surface area contributed by atoms with Crippen LogP contribution in [0.3, 0.4) is 0 Å². The first-order valence-corrected chi connectivity index (χ1v) is 10.2. The van der Waals surface area contributed by atoms with Gasteiger partial charge in [0.1, 0.15) is 17.1 Å². The number of fused-ring (bicyclic) bond motifs is 1. The zero-order chi connectivity index (χ0) is 21.1. The van der Waals surface area contributed by atoms with E-state index in [2.05, 4.69) is 25.1 Å². The van der Waals surface area contributed by atoms with Gasteiger partial charge in [-0.3, -0.25) is 9.69 Å². The van der Waals surface area contributed by atoms with Gasteiger partial charge < -0.3 is 19.4 Å². The third-order valence-electron chi connectivity index (χ3n) is 5.42. The molecule has 1 saturated heterocycles. The summed E-state index contributed by atoms with van der Waals surface area (Å²) in [5.41, 5.74) is 1.26. The Labute approximate surface area is 175 Å². The van der Waals surface area contributed by atoms with Crippen molar-refractivity contribution in [3.05, 3.63) is 48.0 Å². The number of piperazine rings is 1. The van der Waals surface area contributed by atoms with Gasteiger partial charge in [-0.25, -0.2) is 9.97 Å². The van der Waals surface area contributed by atoms with Crippen LogP contribution in [0.4, 0.5) is 5.95 Å². The summed E-state index contributed by atoms with van der Waals surface area (Å²) in [6.45, 7) is 8.19. The third kappa shape index (κ3) is 4.23. The second-order valence-electron chi connectivity index (χ2n) is 7.61. The molecular weight excluding hydrogens is 382 g/mol. The average Bonchev–Trinajstić information content (AvgIpc) is 3.09. The molecule has 3 aromatic rings. The second kappa shape index (κ2) is 8.71. The maximum Gasteiger partial charge on any atom is 0.255 e. The molecule has 1 amide bonds. The molecule has 8 nitrogen and oxygen atoms in total. The number of rotatable bonds is 6. The molecule has 30 heavy (non-hydrogen) atoms. The molecule has 4 rings (SSSR count). The molecule has 1 aliphatic heterocycles. The molecule has 158 valence electrons. The zero-order valence-corrected chi connectivity index (χ0v) is 17.6. The van der Waals surface area contributed by atoms with E-state index in [0.29, 0.717) is 22.7 Å². The fourth-order valence-corrected chi connectivity index (χ4v) is 3.92. The topological polar surface area (TPSA) is 83.7 Å². The molecule has 0 spiro atoms. The van der Waals surface area contributed by atoms with Crippen molar-refractivity contribution in [2.75, 3.05) is 44.7 Å². The van der Waals surface area contributed by atoms with Crippen LogP contribution in [0, 0.1) is 6.92 Å². The summed E-state index contributed by atoms with van der Waals surface area (Å²) in [7, 11) is 1.61. The fourth-order valence-electron chi connectivity index (χ4n) is 3.92. The van der Waals surface area contributed by atoms with Crippen LogP contribution < -0.4 is 15.0 Å². The number of amides is 1. The van der Waals surface area contributed by atoms with E-state index in [4.69, 9.17) is 9.15 Å². The quantitative estimate of drug-likeness (QED) is 0.670. The van der Waals surface area contributed by atoms with E-state index < -0.39 is 0 Å². The molecule has 0 radical (unpaired) electrons. The lowest BCUT2D eigenvalue weighted by atomic mass is 10.1. The van der Waals surface area contributed by atoms with Gasteiger partial charge in [-0.05, 0) is 38.1 Å². The molecule has 0 aliphatic carbocycles. The van der Waals surface area contributed by atoms with Crippen LogP contribution in [-0.4, -0.2) is 66.7 Å². The summed E-state index contributed by atoms with van der Waals surface area (Å²) in [6, 6.07) is 7.33. The molecule has 1 unspecified atom stereocenters. The Morgan fingerprint density at radius 2 is 1.97 bits per heavy atom. The highest BCUT2D eigenvalue weighted by Crippen LogP contribution is 2.29. The lowest BCUT2D eigenvalue weighted by Crippen LogP contribution is -2.51. The van der Waals surface area contributed by atoms with E-state index in [-0.39, 0.29) is 11.9 Å². The van der Waals surface area contributed by atoms with Gasteiger partial charge in [0.2, 0.25) is 5.95 Å². The standard InChI is InChI=1S/C22H27N5O3/c1-15(14-26-9-11-27(12-10-26)22-23-7-4-8-24-22)25-21(28)20-16(2)30-19-6-5-17(29-3)13-18(19)20/h4-8,13,15H,9-12,14H2,1-3H3,(H,25,28). The number of carbonyl (C=O) groups excluding carboxylic acids is 1. The van der Waals surface area contributed by atoms with Gasteiger partial charge in [0.25, 0.3) is 5.91 Å². The summed E-state index contributed by atoms with van der Waals surface area (Å²) >= 11 is 0. The number of ether oxygens (including phenoxy) is 1. The Hall–Kier alpha value is -3.13. The molecule has 2 aromatic heterocycles. The van der Waals surface area contributed by atoms with E-state index >= 15 is 0 Å². The number of hydrogen-bond donors (Lipinski definition) is 1. The highest BCUT2D eigenvalue weighted by atomic mass is 16.5. The zero-order valence-electron chi connectivity index (χ0n) is 17.6. The van der Waals surface area contributed by atoms with Gasteiger partial charge in [-0.15, -0.1) is 0 Å². The molecule has 1 aliphatic rings. The maximum atomic E-state index is 13.0. The van der Waals surface area contributed by atoms with Crippen LogP contribution in [0.2, 0.25) is 0 Å². The van der Waals surface area contributed by atoms with Crippen molar-refractivity contribution in [2.45, 2.75) is 19.9 Å². The highest BCUT2D eigenvalue weighted by molar-refractivity contribution is 6.07. The lowest BCUT2D eigenvalue weighted by molar-refractivity contribution is 0.0928. The molecule has 1 N–H and O–H groups in total. The van der Waals surface area contributed by atoms with Gasteiger partial charge >= 0.3 is 0 Å². The van der Waals surface area contributed by atoms with Crippen LogP contribution in [0.1, 0.15) is 23.0 Å². The number of methoxy groups -OCH3 is 1. The second-order valence-corrected chi connectivity index (χ2v) is 7.61. The maximum absolute atomic E-state index is 13.0. The van der Waals surface area contributed by atoms with E-state index in [1.165, 1.54) is 0 Å². The number of nitrogens with one attached hydrogen (secondary N) is 1. The highest BCUT2D eigenvalue weighted by Gasteiger charge is 2.23. The Balaban J connectivity index is 1.36. The first-order chi connectivity index (χ1) is 14.5. The summed E-state index contributed by atoms with van der Waals surface area (Å²) in [5.74, 6) is 1.96. The van der Waals surface area contributed by atoms with Crippen LogP contribution >= 0.6 is 0 Å². The smallest absolute Gasteiger partial charge is 0.255 e. The summed E-state index contributed by atoms with van der Waals surface area (Å²) in [4.78, 5) is 26.2. The van der Waals surface area contributed by atoms with E-state index in [1.807, 2.05) is 38.1 Å². The van der Waals surface area contributed by atoms with Crippen LogP contribution in [-0.2, 0) is 0 Å². The normalized spacial score (nSPS) is 15.9. The van der Waals surface area contributed by atoms with Gasteiger partial charge in [-0.2, -0.15) is 0 Å². The molecule has 8 heteroatoms. The molecular formula is C22H27N5O3. The largest absolute Gasteiger partial charge is 0.497 e. The number of carbonyl (C=O) groups is 1. The van der Waals surface area contributed by atoms with Crippen molar-refractivity contribution in [2.24, 2.45) is 0 Å². The molecule has 1 atom stereocenters. The number of furan rings is 1. The van der Waals surface area contributed by atoms with Crippen LogP contribution in [0.15, 0.2) is 41.1 Å². The minimum atomic E-state index is -0.122. The van der Waals surface area contributed by atoms with Crippen molar-refractivity contribution in [1.82, 2.24) is 20.2 Å². The third-order valence-corrected chi connectivity index (χ3v) is 5.42. The van der Waals surface area contributed by atoms with E-state index in [9.17, 15) is 4.79 Å². The minimum Gasteiger partial charge on any atom is -0.497 e. The number of hydrogen-bond acceptors (Lipinski definition) is 7. The first kappa shape index (κ1) is 20.2. The first-order valence-electron chi connectivity index (χ1n) is 10.2. The number of anilines is 1. The lowest BCUT2D eigenvalue weighted by Gasteiger charge is -2.35. The van der Waals surface area contributed by atoms with Crippen molar-refractivity contribution in [3.63, 3.8) is 0 Å². The van der Waals surface area contributed by atoms with Crippen molar-refractivity contribution < 1.29 is 13.9 Å². The Morgan fingerprint density at radius 3 is 2.67 bits per heavy atom. The number of nitrogens with zero attached hydrogens (tertiary/aromatic N) is 4. The number of benzene rings is 1. The summed E-state index contributed by atoms with van der Waals surface area (Å²) < 4.78 is 11.1. The van der Waals surface area contributed by atoms with Gasteiger partial charge in [0.15, 0.2) is 0 Å². The Morgan fingerprint density at radius 1 is 1.23 bits per heavy atom. The molecule has 1 fully saturated rings. The predicted molar refractivity (Wildman–Crippen MR) is 115 cm³/mol. The summed E-state index contributed by atoms with van der Waals surface area (Å²) in [6.07, 6.45) is 3.53. The van der Waals surface area contributed by atoms with Crippen molar-refractivity contribution in [1.29, 1.82) is 0 Å². The molecule has 0 saturated carbocycles.